The molecule has 0 fully saturated rings. The number of para-hydroxylation sites is 2. The summed E-state index contributed by atoms with van der Waals surface area (Å²) in [4.78, 5) is 0. The van der Waals surface area contributed by atoms with Gasteiger partial charge in [0.1, 0.15) is 0 Å². The summed E-state index contributed by atoms with van der Waals surface area (Å²) in [5, 5.41) is 26.6. The van der Waals surface area contributed by atoms with Crippen LogP contribution in [0.15, 0.2) is 176 Å². The lowest BCUT2D eigenvalue weighted by atomic mass is 10.0. The molecule has 3 nitrogen and oxygen atoms in total. The van der Waals surface area contributed by atoms with Gasteiger partial charge in [-0.2, -0.15) is 10.5 Å². The Morgan fingerprint density at radius 1 is 0.417 bits per heavy atom. The van der Waals surface area contributed by atoms with Crippen molar-refractivity contribution in [3.8, 4) is 29.0 Å². The van der Waals surface area contributed by atoms with Crippen LogP contribution in [0, 0.1) is 22.7 Å². The minimum Gasteiger partial charge on any atom is -0.309 e. The fourth-order valence-electron chi connectivity index (χ4n) is 7.38. The summed E-state index contributed by atoms with van der Waals surface area (Å²) in [7, 11) is -2.95. The van der Waals surface area contributed by atoms with E-state index < -0.39 is 8.07 Å². The van der Waals surface area contributed by atoms with Crippen LogP contribution in [-0.4, -0.2) is 12.6 Å². The molecule has 224 valence electrons. The summed E-state index contributed by atoms with van der Waals surface area (Å²) in [6.45, 7) is 0. The van der Waals surface area contributed by atoms with Gasteiger partial charge in [0.05, 0.1) is 40.0 Å². The maximum absolute atomic E-state index is 9.73. The third kappa shape index (κ3) is 4.55. The second-order valence-corrected chi connectivity index (χ2v) is 15.7. The Balaban J connectivity index is 1.48. The lowest BCUT2D eigenvalue weighted by molar-refractivity contribution is 1.18. The van der Waals surface area contributed by atoms with E-state index in [1.54, 1.807) is 0 Å². The van der Waals surface area contributed by atoms with E-state index >= 15 is 0 Å². The molecule has 1 heterocycles. The van der Waals surface area contributed by atoms with E-state index in [0.717, 1.165) is 38.6 Å². The van der Waals surface area contributed by atoms with Gasteiger partial charge in [-0.25, -0.2) is 0 Å². The monoisotopic (exact) mass is 627 g/mol. The van der Waals surface area contributed by atoms with Crippen molar-refractivity contribution < 1.29 is 0 Å². The molecule has 0 radical (unpaired) electrons. The van der Waals surface area contributed by atoms with E-state index in [2.05, 4.69) is 168 Å². The smallest absolute Gasteiger partial charge is 0.180 e. The lowest BCUT2D eigenvalue weighted by Crippen LogP contribution is -2.75. The topological polar surface area (TPSA) is 52.5 Å². The third-order valence-corrected chi connectivity index (χ3v) is 14.3. The Hall–Kier alpha value is -6.46. The number of nitrogens with zero attached hydrogens (tertiary/aromatic N) is 3. The number of hydrogen-bond donors (Lipinski definition) is 0. The first-order chi connectivity index (χ1) is 23.7. The molecule has 0 bridgehead atoms. The summed E-state index contributed by atoms with van der Waals surface area (Å²) in [5.41, 5.74) is 6.80. The molecule has 8 aromatic rings. The maximum atomic E-state index is 9.73. The molecule has 0 saturated heterocycles. The van der Waals surface area contributed by atoms with Gasteiger partial charge in [-0.3, -0.25) is 0 Å². The Kier molecular flexibility index (Phi) is 7.27. The van der Waals surface area contributed by atoms with Crippen molar-refractivity contribution in [2.24, 2.45) is 0 Å². The van der Waals surface area contributed by atoms with E-state index in [0.29, 0.717) is 11.1 Å². The van der Waals surface area contributed by atoms with Crippen molar-refractivity contribution in [3.05, 3.63) is 187 Å². The molecule has 0 N–H and O–H groups in total. The van der Waals surface area contributed by atoms with Gasteiger partial charge < -0.3 is 4.57 Å². The number of hydrogen-bond acceptors (Lipinski definition) is 2. The van der Waals surface area contributed by atoms with E-state index in [-0.39, 0.29) is 0 Å². The Morgan fingerprint density at radius 2 is 0.938 bits per heavy atom. The van der Waals surface area contributed by atoms with Gasteiger partial charge in [0.25, 0.3) is 0 Å². The number of aromatic nitrogens is 1. The van der Waals surface area contributed by atoms with Gasteiger partial charge in [-0.15, -0.1) is 0 Å². The Bertz CT molecular complexity index is 2480. The average molecular weight is 628 g/mol. The quantitative estimate of drug-likeness (QED) is 0.141. The highest BCUT2D eigenvalue weighted by Crippen LogP contribution is 2.36. The first-order valence-electron chi connectivity index (χ1n) is 16.0. The van der Waals surface area contributed by atoms with E-state index in [1.807, 2.05) is 24.3 Å². The van der Waals surface area contributed by atoms with Crippen molar-refractivity contribution in [3.63, 3.8) is 0 Å². The molecule has 0 aliphatic heterocycles. The highest BCUT2D eigenvalue weighted by atomic mass is 28.3. The van der Waals surface area contributed by atoms with Crippen molar-refractivity contribution in [2.75, 3.05) is 0 Å². The second-order valence-electron chi connectivity index (χ2n) is 11.9. The van der Waals surface area contributed by atoms with Gasteiger partial charge in [-0.1, -0.05) is 133 Å². The van der Waals surface area contributed by atoms with Crippen LogP contribution in [-0.2, 0) is 0 Å². The minimum absolute atomic E-state index is 0.646. The zero-order valence-corrected chi connectivity index (χ0v) is 27.1. The first-order valence-corrected chi connectivity index (χ1v) is 18.0. The molecule has 0 spiro atoms. The zero-order valence-electron chi connectivity index (χ0n) is 26.1. The Labute approximate surface area is 280 Å². The molecule has 0 amide bonds. The average Bonchev–Trinajstić information content (AvgIpc) is 3.50. The van der Waals surface area contributed by atoms with Gasteiger partial charge in [0, 0.05) is 16.3 Å². The van der Waals surface area contributed by atoms with Crippen LogP contribution in [0.1, 0.15) is 11.1 Å². The molecule has 0 saturated carbocycles. The van der Waals surface area contributed by atoms with Gasteiger partial charge in [0.2, 0.25) is 0 Å². The Morgan fingerprint density at radius 3 is 1.62 bits per heavy atom. The van der Waals surface area contributed by atoms with Crippen LogP contribution in [0.2, 0.25) is 0 Å². The van der Waals surface area contributed by atoms with Gasteiger partial charge >= 0.3 is 0 Å². The van der Waals surface area contributed by atoms with Crippen LogP contribution in [0.5, 0.6) is 0 Å². The van der Waals surface area contributed by atoms with E-state index in [1.165, 1.54) is 20.7 Å². The van der Waals surface area contributed by atoms with Crippen LogP contribution in [0.3, 0.4) is 0 Å². The number of fused-ring (bicyclic) bond motifs is 3. The van der Waals surface area contributed by atoms with Crippen molar-refractivity contribution in [1.29, 1.82) is 10.5 Å². The van der Waals surface area contributed by atoms with Gasteiger partial charge in [0.15, 0.2) is 8.07 Å². The van der Waals surface area contributed by atoms with Crippen molar-refractivity contribution in [1.82, 2.24) is 4.57 Å². The molecule has 1 aromatic heterocycles. The summed E-state index contributed by atoms with van der Waals surface area (Å²) in [6.07, 6.45) is 0. The first kappa shape index (κ1) is 29.0. The van der Waals surface area contributed by atoms with Crippen LogP contribution in [0.25, 0.3) is 38.6 Å². The highest BCUT2D eigenvalue weighted by Gasteiger charge is 2.43. The van der Waals surface area contributed by atoms with Crippen LogP contribution in [0.4, 0.5) is 0 Å². The molecule has 0 atom stereocenters. The number of benzene rings is 7. The fourth-order valence-corrected chi connectivity index (χ4v) is 12.3. The van der Waals surface area contributed by atoms with Crippen molar-refractivity contribution >= 4 is 50.6 Å². The second kappa shape index (κ2) is 12.0. The summed E-state index contributed by atoms with van der Waals surface area (Å²) in [5.74, 6) is 0. The maximum Gasteiger partial charge on any atom is 0.180 e. The summed E-state index contributed by atoms with van der Waals surface area (Å²) < 4.78 is 2.34. The lowest BCUT2D eigenvalue weighted by Gasteiger charge is -2.36. The number of rotatable bonds is 6. The van der Waals surface area contributed by atoms with E-state index in [9.17, 15) is 10.5 Å². The van der Waals surface area contributed by atoms with E-state index in [4.69, 9.17) is 0 Å². The highest BCUT2D eigenvalue weighted by molar-refractivity contribution is 7.20. The molecular formula is C44H29N3Si. The van der Waals surface area contributed by atoms with Crippen LogP contribution >= 0.6 is 0 Å². The predicted molar refractivity (Wildman–Crippen MR) is 199 cm³/mol. The summed E-state index contributed by atoms with van der Waals surface area (Å²) >= 11 is 0. The third-order valence-electron chi connectivity index (χ3n) is 9.43. The minimum atomic E-state index is -2.95. The van der Waals surface area contributed by atoms with Crippen molar-refractivity contribution in [2.45, 2.75) is 0 Å². The molecule has 0 aliphatic carbocycles. The predicted octanol–water partition coefficient (Wildman–Crippen LogP) is 7.57. The standard InChI is InChI=1S/C44H29N3Si/c45-30-32-23-26-36(27-24-32)48(34-13-3-1-4-14-34,35-15-5-2-6-16-35)44-22-12-9-19-39(44)37-17-7-10-20-41(37)47-42-21-11-8-18-38(42)40-29-33(31-46)25-28-43(40)47/h1-29H. The van der Waals surface area contributed by atoms with Gasteiger partial charge in [-0.05, 0) is 68.8 Å². The molecule has 0 aliphatic rings. The molecular weight excluding hydrogens is 599 g/mol. The molecule has 4 heteroatoms. The molecule has 0 unspecified atom stereocenters. The van der Waals surface area contributed by atoms with Crippen LogP contribution < -0.4 is 20.7 Å². The normalized spacial score (nSPS) is 11.3. The largest absolute Gasteiger partial charge is 0.309 e. The number of nitriles is 2. The fraction of sp³-hybridized carbons (Fsp3) is 0. The SMILES string of the molecule is N#Cc1ccc([Si](c2ccccc2)(c2ccccc2)c2ccccc2-c2ccccc2-n2c3ccccc3c3cc(C#N)ccc32)cc1. The zero-order chi connectivity index (χ0) is 32.5. The summed E-state index contributed by atoms with van der Waals surface area (Å²) in [6, 6.07) is 66.5. The molecule has 7 aromatic carbocycles. The molecule has 48 heavy (non-hydrogen) atoms. The molecule has 8 rings (SSSR count).